The maximum Gasteiger partial charge on any atom is 0.274 e. The highest BCUT2D eigenvalue weighted by Gasteiger charge is 2.22. The van der Waals surface area contributed by atoms with Gasteiger partial charge < -0.3 is 4.90 Å². The third kappa shape index (κ3) is 5.48. The molecular formula is C17H23N5O2S. The Bertz CT molecular complexity index is 798. The van der Waals surface area contributed by atoms with Gasteiger partial charge in [-0.2, -0.15) is 8.42 Å². The third-order valence-electron chi connectivity index (χ3n) is 4.31. The summed E-state index contributed by atoms with van der Waals surface area (Å²) in [6, 6.07) is 12.0. The van der Waals surface area contributed by atoms with Gasteiger partial charge in [0, 0.05) is 32.3 Å². The molecule has 134 valence electrons. The van der Waals surface area contributed by atoms with Gasteiger partial charge in [-0.25, -0.2) is 19.8 Å². The van der Waals surface area contributed by atoms with Crippen molar-refractivity contribution in [2.75, 3.05) is 24.5 Å². The smallest absolute Gasteiger partial charge is 0.274 e. The first-order chi connectivity index (χ1) is 12.0. The van der Waals surface area contributed by atoms with Crippen LogP contribution in [0.25, 0.3) is 0 Å². The van der Waals surface area contributed by atoms with Crippen LogP contribution in [0.1, 0.15) is 24.2 Å². The number of piperidine rings is 1. The van der Waals surface area contributed by atoms with Gasteiger partial charge in [0.1, 0.15) is 11.6 Å². The lowest BCUT2D eigenvalue weighted by Crippen LogP contribution is -2.42. The lowest BCUT2D eigenvalue weighted by molar-refractivity contribution is 0.409. The summed E-state index contributed by atoms with van der Waals surface area (Å²) < 4.78 is 24.6. The molecule has 1 fully saturated rings. The highest BCUT2D eigenvalue weighted by molar-refractivity contribution is 7.87. The molecule has 1 aromatic carbocycles. The lowest BCUT2D eigenvalue weighted by atomic mass is 9.98. The highest BCUT2D eigenvalue weighted by Crippen LogP contribution is 2.21. The summed E-state index contributed by atoms with van der Waals surface area (Å²) in [4.78, 5) is 11.2. The molecule has 1 atom stereocenters. The van der Waals surface area contributed by atoms with E-state index in [1.807, 2.05) is 24.3 Å². The fourth-order valence-electron chi connectivity index (χ4n) is 3.10. The van der Waals surface area contributed by atoms with E-state index in [4.69, 9.17) is 5.14 Å². The van der Waals surface area contributed by atoms with Gasteiger partial charge in [-0.15, -0.1) is 0 Å². The molecule has 0 aliphatic carbocycles. The van der Waals surface area contributed by atoms with Crippen LogP contribution in [0, 0.1) is 5.92 Å². The van der Waals surface area contributed by atoms with Crippen molar-refractivity contribution >= 4 is 16.0 Å². The second-order valence-electron chi connectivity index (χ2n) is 6.34. The number of anilines is 1. The molecule has 7 nitrogen and oxygen atoms in total. The minimum atomic E-state index is -3.64. The first kappa shape index (κ1) is 17.8. The molecule has 1 aromatic heterocycles. The van der Waals surface area contributed by atoms with Crippen molar-refractivity contribution in [2.24, 2.45) is 11.1 Å². The topological polar surface area (TPSA) is 101 Å². The van der Waals surface area contributed by atoms with Crippen molar-refractivity contribution in [2.45, 2.75) is 19.3 Å². The Morgan fingerprint density at radius 1 is 1.24 bits per heavy atom. The lowest BCUT2D eigenvalue weighted by Gasteiger charge is -2.33. The molecular weight excluding hydrogens is 338 g/mol. The average Bonchev–Trinajstić information content (AvgIpc) is 2.61. The number of hydrogen-bond acceptors (Lipinski definition) is 5. The number of nitrogens with two attached hydrogens (primary N) is 1. The van der Waals surface area contributed by atoms with E-state index in [1.165, 1.54) is 5.56 Å². The summed E-state index contributed by atoms with van der Waals surface area (Å²) >= 11 is 0. The van der Waals surface area contributed by atoms with E-state index in [9.17, 15) is 8.42 Å². The summed E-state index contributed by atoms with van der Waals surface area (Å²) in [6.07, 6.45) is 4.45. The van der Waals surface area contributed by atoms with E-state index in [0.717, 1.165) is 37.6 Å². The second kappa shape index (κ2) is 7.90. The van der Waals surface area contributed by atoms with Gasteiger partial charge >= 0.3 is 0 Å². The summed E-state index contributed by atoms with van der Waals surface area (Å²) in [5.41, 5.74) is 1.17. The van der Waals surface area contributed by atoms with Crippen molar-refractivity contribution in [1.29, 1.82) is 0 Å². The quantitative estimate of drug-likeness (QED) is 0.802. The van der Waals surface area contributed by atoms with Crippen LogP contribution in [0.5, 0.6) is 0 Å². The third-order valence-corrected chi connectivity index (χ3v) is 4.88. The average molecular weight is 361 g/mol. The molecule has 1 saturated heterocycles. The molecule has 3 rings (SSSR count). The zero-order chi connectivity index (χ0) is 17.7. The van der Waals surface area contributed by atoms with E-state index >= 15 is 0 Å². The van der Waals surface area contributed by atoms with Crippen LogP contribution >= 0.6 is 0 Å². The van der Waals surface area contributed by atoms with Crippen LogP contribution in [0.2, 0.25) is 0 Å². The van der Waals surface area contributed by atoms with Crippen LogP contribution in [-0.2, 0) is 16.6 Å². The number of rotatable bonds is 6. The van der Waals surface area contributed by atoms with Crippen LogP contribution in [0.4, 0.5) is 5.82 Å². The van der Waals surface area contributed by atoms with Crippen molar-refractivity contribution in [3.05, 3.63) is 54.0 Å². The number of nitrogens with zero attached hydrogens (tertiary/aromatic N) is 3. The molecule has 2 aromatic rings. The Hall–Kier alpha value is -2.03. The van der Waals surface area contributed by atoms with Crippen LogP contribution < -0.4 is 14.8 Å². The largest absolute Gasteiger partial charge is 0.356 e. The molecule has 0 amide bonds. The van der Waals surface area contributed by atoms with Crippen LogP contribution in [0.15, 0.2) is 42.6 Å². The zero-order valence-electron chi connectivity index (χ0n) is 14.0. The fraction of sp³-hybridized carbons (Fsp3) is 0.412. The number of benzene rings is 1. The van der Waals surface area contributed by atoms with E-state index in [0.29, 0.717) is 13.0 Å². The summed E-state index contributed by atoms with van der Waals surface area (Å²) in [6.45, 7) is 2.02. The molecule has 25 heavy (non-hydrogen) atoms. The first-order valence-electron chi connectivity index (χ1n) is 8.38. The van der Waals surface area contributed by atoms with Crippen molar-refractivity contribution in [3.63, 3.8) is 0 Å². The Kier molecular flexibility index (Phi) is 5.62. The predicted octanol–water partition coefficient (Wildman–Crippen LogP) is 1.08. The van der Waals surface area contributed by atoms with Crippen LogP contribution in [-0.4, -0.2) is 38.0 Å². The summed E-state index contributed by atoms with van der Waals surface area (Å²) in [7, 11) is -3.64. The summed E-state index contributed by atoms with van der Waals surface area (Å²) in [5, 5.41) is 5.02. The standard InChI is InChI=1S/C17H23N5O2S/c18-25(23,24)20-12-15-7-4-10-22(13-15)17-8-9-19-16(21-17)11-14-5-2-1-3-6-14/h1-3,5-6,8-9,15,20H,4,7,10-13H2,(H2,18,23,24). The van der Waals surface area contributed by atoms with Gasteiger partial charge in [0.2, 0.25) is 0 Å². The first-order valence-corrected chi connectivity index (χ1v) is 9.92. The number of hydrogen-bond donors (Lipinski definition) is 2. The molecule has 3 N–H and O–H groups in total. The Morgan fingerprint density at radius 3 is 2.80 bits per heavy atom. The van der Waals surface area contributed by atoms with E-state index in [2.05, 4.69) is 31.7 Å². The Labute approximate surface area is 148 Å². The van der Waals surface area contributed by atoms with E-state index in [-0.39, 0.29) is 5.92 Å². The molecule has 0 bridgehead atoms. The van der Waals surface area contributed by atoms with Crippen molar-refractivity contribution in [1.82, 2.24) is 14.7 Å². The van der Waals surface area contributed by atoms with Gasteiger partial charge in [0.25, 0.3) is 10.2 Å². The van der Waals surface area contributed by atoms with E-state index in [1.54, 1.807) is 6.20 Å². The zero-order valence-corrected chi connectivity index (χ0v) is 14.8. The SMILES string of the molecule is NS(=O)(=O)NCC1CCCN(c2ccnc(Cc3ccccc3)n2)C1. The molecule has 1 aliphatic heterocycles. The van der Waals surface area contributed by atoms with Crippen molar-refractivity contribution < 1.29 is 8.42 Å². The normalized spacial score (nSPS) is 18.3. The predicted molar refractivity (Wildman–Crippen MR) is 97.3 cm³/mol. The molecule has 0 saturated carbocycles. The number of aromatic nitrogens is 2. The van der Waals surface area contributed by atoms with Gasteiger partial charge in [0.05, 0.1) is 0 Å². The van der Waals surface area contributed by atoms with Gasteiger partial charge in [-0.1, -0.05) is 30.3 Å². The molecule has 1 unspecified atom stereocenters. The van der Waals surface area contributed by atoms with E-state index < -0.39 is 10.2 Å². The fourth-order valence-corrected chi connectivity index (χ4v) is 3.57. The monoisotopic (exact) mass is 361 g/mol. The molecule has 0 radical (unpaired) electrons. The Balaban J connectivity index is 1.65. The van der Waals surface area contributed by atoms with Gasteiger partial charge in [0.15, 0.2) is 0 Å². The number of nitrogens with one attached hydrogen (secondary N) is 1. The van der Waals surface area contributed by atoms with Gasteiger partial charge in [-0.3, -0.25) is 0 Å². The minimum Gasteiger partial charge on any atom is -0.356 e. The molecule has 1 aliphatic rings. The Morgan fingerprint density at radius 2 is 2.04 bits per heavy atom. The summed E-state index contributed by atoms with van der Waals surface area (Å²) in [5.74, 6) is 1.90. The van der Waals surface area contributed by atoms with Crippen molar-refractivity contribution in [3.8, 4) is 0 Å². The van der Waals surface area contributed by atoms with Crippen LogP contribution in [0.3, 0.4) is 0 Å². The highest BCUT2D eigenvalue weighted by atomic mass is 32.2. The molecule has 0 spiro atoms. The maximum atomic E-state index is 11.1. The molecule has 2 heterocycles. The second-order valence-corrected chi connectivity index (χ2v) is 7.72. The maximum absolute atomic E-state index is 11.1. The minimum absolute atomic E-state index is 0.222. The van der Waals surface area contributed by atoms with Gasteiger partial charge in [-0.05, 0) is 30.4 Å². The molecule has 8 heteroatoms.